The Morgan fingerprint density at radius 3 is 2.54 bits per heavy atom. The Kier molecular flexibility index (Phi) is 5.51. The molecule has 4 heterocycles. The average molecular weight is 533 g/mol. The fraction of sp³-hybridized carbons (Fsp3) is 0.500. The average Bonchev–Trinajstić information content (AvgIpc) is 3.11. The van der Waals surface area contributed by atoms with Gasteiger partial charge in [0.1, 0.15) is 11.4 Å². The summed E-state index contributed by atoms with van der Waals surface area (Å²) in [6.07, 6.45) is -0.754. The van der Waals surface area contributed by atoms with Gasteiger partial charge in [-0.25, -0.2) is 4.98 Å². The van der Waals surface area contributed by atoms with Crippen molar-refractivity contribution in [2.24, 2.45) is 5.41 Å². The van der Waals surface area contributed by atoms with Gasteiger partial charge in [-0.1, -0.05) is 11.6 Å². The van der Waals surface area contributed by atoms with Crippen LogP contribution < -0.4 is 9.64 Å². The number of pyridine rings is 1. The zero-order valence-electron chi connectivity index (χ0n) is 20.9. The number of hydrogen-bond acceptors (Lipinski definition) is 6. The largest absolute Gasteiger partial charge is 0.493 e. The second kappa shape index (κ2) is 8.33. The van der Waals surface area contributed by atoms with E-state index in [1.165, 1.54) is 18.7 Å². The summed E-state index contributed by atoms with van der Waals surface area (Å²) in [5, 5.41) is 9.40. The molecule has 0 bridgehead atoms. The number of halogens is 4. The molecule has 7 nitrogen and oxygen atoms in total. The molecule has 1 aromatic carbocycles. The van der Waals surface area contributed by atoms with E-state index in [1.54, 1.807) is 25.4 Å². The minimum atomic E-state index is -4.41. The lowest BCUT2D eigenvalue weighted by Crippen LogP contribution is -2.62. The van der Waals surface area contributed by atoms with Crippen LogP contribution in [0.5, 0.6) is 5.75 Å². The first-order valence-electron chi connectivity index (χ1n) is 12.3. The molecule has 1 aliphatic carbocycles. The maximum Gasteiger partial charge on any atom is 0.406 e. The molecule has 6 rings (SSSR count). The van der Waals surface area contributed by atoms with Gasteiger partial charge in [0.25, 0.3) is 0 Å². The molecule has 2 aromatic heterocycles. The summed E-state index contributed by atoms with van der Waals surface area (Å²) in [6.45, 7) is 4.34. The van der Waals surface area contributed by atoms with Gasteiger partial charge in [0, 0.05) is 42.2 Å². The highest BCUT2D eigenvalue weighted by Crippen LogP contribution is 2.57. The first-order valence-corrected chi connectivity index (χ1v) is 12.7. The SMILES string of the molecule is COc1cccnc1N1CC2(CC(c3nnc4n3-c3ccc(Cl)cc3CN(C(C)(C)C(F)(F)F)C4)C2)C1. The number of rotatable bonds is 4. The first kappa shape index (κ1) is 24.5. The monoisotopic (exact) mass is 532 g/mol. The van der Waals surface area contributed by atoms with E-state index < -0.39 is 11.7 Å². The number of ether oxygens (including phenoxy) is 1. The van der Waals surface area contributed by atoms with Crippen molar-refractivity contribution in [3.05, 3.63) is 58.8 Å². The lowest BCUT2D eigenvalue weighted by Gasteiger charge is -2.59. The third-order valence-corrected chi connectivity index (χ3v) is 8.50. The second-order valence-corrected chi connectivity index (χ2v) is 11.4. The molecule has 37 heavy (non-hydrogen) atoms. The number of hydrogen-bond donors (Lipinski definition) is 0. The topological polar surface area (TPSA) is 59.3 Å². The number of alkyl halides is 3. The maximum absolute atomic E-state index is 14.0. The van der Waals surface area contributed by atoms with Crippen LogP contribution in [0.3, 0.4) is 0 Å². The third kappa shape index (κ3) is 3.87. The van der Waals surface area contributed by atoms with E-state index in [9.17, 15) is 13.2 Å². The van der Waals surface area contributed by atoms with E-state index in [-0.39, 0.29) is 24.4 Å². The van der Waals surface area contributed by atoms with Crippen molar-refractivity contribution < 1.29 is 17.9 Å². The number of aromatic nitrogens is 4. The van der Waals surface area contributed by atoms with E-state index in [0.717, 1.165) is 54.6 Å². The van der Waals surface area contributed by atoms with Gasteiger partial charge >= 0.3 is 6.18 Å². The normalized spacial score (nSPS) is 19.6. The number of fused-ring (bicyclic) bond motifs is 3. The van der Waals surface area contributed by atoms with Crippen LogP contribution in [0.1, 0.15) is 49.8 Å². The third-order valence-electron chi connectivity index (χ3n) is 8.26. The van der Waals surface area contributed by atoms with Gasteiger partial charge in [-0.3, -0.25) is 9.47 Å². The maximum atomic E-state index is 14.0. The van der Waals surface area contributed by atoms with Crippen molar-refractivity contribution in [1.82, 2.24) is 24.6 Å². The highest BCUT2D eigenvalue weighted by molar-refractivity contribution is 6.30. The van der Waals surface area contributed by atoms with E-state index in [2.05, 4.69) is 20.1 Å². The molecule has 0 unspecified atom stereocenters. The van der Waals surface area contributed by atoms with Gasteiger partial charge in [-0.15, -0.1) is 10.2 Å². The van der Waals surface area contributed by atoms with Crippen molar-refractivity contribution in [3.8, 4) is 11.4 Å². The van der Waals surface area contributed by atoms with Crippen LogP contribution in [-0.2, 0) is 13.1 Å². The Labute approximate surface area is 218 Å². The highest BCUT2D eigenvalue weighted by atomic mass is 35.5. The van der Waals surface area contributed by atoms with Crippen molar-refractivity contribution in [1.29, 1.82) is 0 Å². The quantitative estimate of drug-likeness (QED) is 0.450. The predicted octanol–water partition coefficient (Wildman–Crippen LogP) is 5.36. The molecule has 0 amide bonds. The van der Waals surface area contributed by atoms with E-state index in [1.807, 2.05) is 22.8 Å². The molecule has 2 aliphatic heterocycles. The Bertz CT molecular complexity index is 1340. The smallest absolute Gasteiger partial charge is 0.406 e. The van der Waals surface area contributed by atoms with Gasteiger partial charge in [-0.05, 0) is 62.6 Å². The van der Waals surface area contributed by atoms with Crippen LogP contribution >= 0.6 is 11.6 Å². The fourth-order valence-corrected chi connectivity index (χ4v) is 6.18. The molecule has 2 fully saturated rings. The molecule has 3 aliphatic rings. The molecule has 1 saturated heterocycles. The summed E-state index contributed by atoms with van der Waals surface area (Å²) >= 11 is 6.27. The zero-order valence-corrected chi connectivity index (χ0v) is 21.6. The summed E-state index contributed by atoms with van der Waals surface area (Å²) < 4.78 is 49.4. The molecule has 0 atom stereocenters. The molecule has 1 spiro atoms. The van der Waals surface area contributed by atoms with Gasteiger partial charge in [0.05, 0.1) is 19.3 Å². The van der Waals surface area contributed by atoms with Crippen LogP contribution in [0.25, 0.3) is 5.69 Å². The van der Waals surface area contributed by atoms with Crippen LogP contribution in [-0.4, -0.2) is 56.6 Å². The van der Waals surface area contributed by atoms with Crippen LogP contribution in [0.4, 0.5) is 19.0 Å². The fourth-order valence-electron chi connectivity index (χ4n) is 5.98. The van der Waals surface area contributed by atoms with Gasteiger partial charge in [-0.2, -0.15) is 13.2 Å². The van der Waals surface area contributed by atoms with Gasteiger partial charge in [0.2, 0.25) is 0 Å². The Balaban J connectivity index is 1.27. The summed E-state index contributed by atoms with van der Waals surface area (Å²) in [7, 11) is 1.65. The molecular formula is C26H28ClF3N6O. The highest BCUT2D eigenvalue weighted by Gasteiger charge is 2.55. The lowest BCUT2D eigenvalue weighted by molar-refractivity contribution is -0.224. The van der Waals surface area contributed by atoms with Gasteiger partial charge < -0.3 is 9.64 Å². The summed E-state index contributed by atoms with van der Waals surface area (Å²) in [5.41, 5.74) is -0.335. The molecule has 1 saturated carbocycles. The predicted molar refractivity (Wildman–Crippen MR) is 133 cm³/mol. The molecule has 0 radical (unpaired) electrons. The Hall–Kier alpha value is -2.85. The molecule has 11 heteroatoms. The van der Waals surface area contributed by atoms with Gasteiger partial charge in [0.15, 0.2) is 17.4 Å². The summed E-state index contributed by atoms with van der Waals surface area (Å²) in [5.74, 6) is 3.12. The zero-order chi connectivity index (χ0) is 26.2. The number of benzene rings is 1. The van der Waals surface area contributed by atoms with Crippen molar-refractivity contribution in [2.75, 3.05) is 25.1 Å². The minimum absolute atomic E-state index is 0.0386. The van der Waals surface area contributed by atoms with E-state index in [4.69, 9.17) is 16.3 Å². The Morgan fingerprint density at radius 1 is 1.08 bits per heavy atom. The van der Waals surface area contributed by atoms with Crippen molar-refractivity contribution in [3.63, 3.8) is 0 Å². The van der Waals surface area contributed by atoms with Crippen molar-refractivity contribution in [2.45, 2.75) is 57.4 Å². The lowest BCUT2D eigenvalue weighted by atomic mass is 9.57. The number of nitrogens with zero attached hydrogens (tertiary/aromatic N) is 6. The second-order valence-electron chi connectivity index (χ2n) is 11.0. The number of anilines is 1. The van der Waals surface area contributed by atoms with E-state index >= 15 is 0 Å². The van der Waals surface area contributed by atoms with E-state index in [0.29, 0.717) is 10.8 Å². The molecule has 0 N–H and O–H groups in total. The van der Waals surface area contributed by atoms with Crippen LogP contribution in [0, 0.1) is 5.41 Å². The van der Waals surface area contributed by atoms with Crippen LogP contribution in [0.2, 0.25) is 5.02 Å². The summed E-state index contributed by atoms with van der Waals surface area (Å²) in [4.78, 5) is 8.13. The Morgan fingerprint density at radius 2 is 1.84 bits per heavy atom. The molecule has 3 aromatic rings. The standard InChI is InChI=1S/C26H28ClF3N6O/c1-24(2,26(28,29)30)35-12-16-9-18(27)6-7-19(16)36-21(13-35)32-33-22(36)17-10-25(11-17)14-34(15-25)23-20(37-3)5-4-8-31-23/h4-9,17H,10-15H2,1-3H3. The minimum Gasteiger partial charge on any atom is -0.493 e. The first-order chi connectivity index (χ1) is 17.5. The molecular weight excluding hydrogens is 505 g/mol. The summed E-state index contributed by atoms with van der Waals surface area (Å²) in [6, 6.07) is 9.16. The van der Waals surface area contributed by atoms with Crippen LogP contribution in [0.15, 0.2) is 36.5 Å². The number of methoxy groups -OCH3 is 1. The van der Waals surface area contributed by atoms with Crippen molar-refractivity contribution >= 4 is 17.4 Å². The molecule has 196 valence electrons.